The minimum Gasteiger partial charge on any atom is -0.444 e. The van der Waals surface area contributed by atoms with Gasteiger partial charge in [-0.1, -0.05) is 32.0 Å². The summed E-state index contributed by atoms with van der Waals surface area (Å²) in [7, 11) is 0. The lowest BCUT2D eigenvalue weighted by Gasteiger charge is -2.20. The first-order valence-electron chi connectivity index (χ1n) is 11.5. The van der Waals surface area contributed by atoms with Crippen molar-refractivity contribution in [3.05, 3.63) is 53.9 Å². The Morgan fingerprint density at radius 3 is 2.24 bits per heavy atom. The minimum absolute atomic E-state index is 0.298. The largest absolute Gasteiger partial charge is 0.444 e. The van der Waals surface area contributed by atoms with Crippen LogP contribution in [0.4, 0.5) is 16.2 Å². The van der Waals surface area contributed by atoms with Crippen molar-refractivity contribution < 1.29 is 14.3 Å². The number of ether oxygens (including phenoxy) is 1. The van der Waals surface area contributed by atoms with E-state index in [1.165, 1.54) is 0 Å². The lowest BCUT2D eigenvalue weighted by Crippen LogP contribution is -2.27. The first-order chi connectivity index (χ1) is 15.7. The Balaban J connectivity index is 1.88. The van der Waals surface area contributed by atoms with Crippen LogP contribution in [0, 0.1) is 0 Å². The van der Waals surface area contributed by atoms with Gasteiger partial charge in [0.15, 0.2) is 0 Å². The van der Waals surface area contributed by atoms with E-state index in [9.17, 15) is 9.59 Å². The number of nitrogens with one attached hydrogen (secondary N) is 3. The van der Waals surface area contributed by atoms with Crippen LogP contribution in [0.15, 0.2) is 42.6 Å². The maximum absolute atomic E-state index is 12.7. The molecule has 1 aromatic heterocycles. The van der Waals surface area contributed by atoms with Crippen LogP contribution < -0.4 is 16.0 Å². The molecule has 0 spiro atoms. The van der Waals surface area contributed by atoms with Crippen molar-refractivity contribution in [2.24, 2.45) is 0 Å². The molecule has 0 saturated carbocycles. The van der Waals surface area contributed by atoms with Crippen LogP contribution in [0.2, 0.25) is 0 Å². The number of nitrogens with zero attached hydrogens (tertiary/aromatic N) is 2. The number of amides is 2. The standard InChI is InChI=1S/C25H37N5O3/c1-6-30(7-2)16-10-15-26-17-19-13-14-22(27-18-19)23(31)28-20-11-8-9-12-21(20)29-24(32)33-25(3,4)5/h8-9,11-14,18,26H,6-7,10,15-17H2,1-5H3,(H,28,31)(H,29,32). The van der Waals surface area contributed by atoms with E-state index in [2.05, 4.69) is 39.7 Å². The number of hydrogen-bond donors (Lipinski definition) is 3. The number of carbonyl (C=O) groups excluding carboxylic acids is 2. The first kappa shape index (κ1) is 26.3. The van der Waals surface area contributed by atoms with E-state index in [-0.39, 0.29) is 5.91 Å². The van der Waals surface area contributed by atoms with Gasteiger partial charge in [0.1, 0.15) is 11.3 Å². The average molecular weight is 456 g/mol. The van der Waals surface area contributed by atoms with E-state index in [1.54, 1.807) is 57.3 Å². The van der Waals surface area contributed by atoms with Gasteiger partial charge in [-0.3, -0.25) is 15.1 Å². The van der Waals surface area contributed by atoms with Gasteiger partial charge in [-0.05, 0) is 77.1 Å². The van der Waals surface area contributed by atoms with Gasteiger partial charge >= 0.3 is 6.09 Å². The molecule has 0 aliphatic rings. The number of benzene rings is 1. The molecule has 8 heteroatoms. The second-order valence-corrected chi connectivity index (χ2v) is 8.74. The summed E-state index contributed by atoms with van der Waals surface area (Å²) >= 11 is 0. The van der Waals surface area contributed by atoms with Crippen molar-refractivity contribution in [1.29, 1.82) is 0 Å². The van der Waals surface area contributed by atoms with E-state index in [0.29, 0.717) is 23.6 Å². The molecule has 0 aliphatic carbocycles. The van der Waals surface area contributed by atoms with E-state index in [0.717, 1.165) is 38.2 Å². The molecule has 0 saturated heterocycles. The fourth-order valence-electron chi connectivity index (χ4n) is 3.16. The monoisotopic (exact) mass is 455 g/mol. The highest BCUT2D eigenvalue weighted by atomic mass is 16.6. The zero-order chi connectivity index (χ0) is 24.3. The molecule has 2 amide bonds. The van der Waals surface area contributed by atoms with Crippen LogP contribution in [-0.2, 0) is 11.3 Å². The smallest absolute Gasteiger partial charge is 0.412 e. The molecule has 180 valence electrons. The molecule has 0 radical (unpaired) electrons. The van der Waals surface area contributed by atoms with Gasteiger partial charge in [0.05, 0.1) is 11.4 Å². The van der Waals surface area contributed by atoms with Crippen LogP contribution in [0.1, 0.15) is 57.1 Å². The minimum atomic E-state index is -0.617. The molecule has 0 aliphatic heterocycles. The maximum Gasteiger partial charge on any atom is 0.412 e. The number of carbonyl (C=O) groups is 2. The molecule has 0 unspecified atom stereocenters. The summed E-state index contributed by atoms with van der Waals surface area (Å²) in [5.41, 5.74) is 1.61. The topological polar surface area (TPSA) is 95.6 Å². The molecular weight excluding hydrogens is 418 g/mol. The van der Waals surface area contributed by atoms with Crippen molar-refractivity contribution in [2.75, 3.05) is 36.8 Å². The molecule has 8 nitrogen and oxygen atoms in total. The zero-order valence-corrected chi connectivity index (χ0v) is 20.4. The summed E-state index contributed by atoms with van der Waals surface area (Å²) in [6, 6.07) is 10.5. The molecule has 33 heavy (non-hydrogen) atoms. The Kier molecular flexibility index (Phi) is 10.3. The van der Waals surface area contributed by atoms with Crippen molar-refractivity contribution in [2.45, 2.75) is 53.2 Å². The number of hydrogen-bond acceptors (Lipinski definition) is 6. The van der Waals surface area contributed by atoms with Gasteiger partial charge in [0.25, 0.3) is 5.91 Å². The normalized spacial score (nSPS) is 11.3. The Hall–Kier alpha value is -2.97. The highest BCUT2D eigenvalue weighted by Gasteiger charge is 2.18. The van der Waals surface area contributed by atoms with E-state index >= 15 is 0 Å². The lowest BCUT2D eigenvalue weighted by atomic mass is 10.2. The third-order valence-electron chi connectivity index (χ3n) is 4.92. The summed E-state index contributed by atoms with van der Waals surface area (Å²) < 4.78 is 5.29. The van der Waals surface area contributed by atoms with Crippen molar-refractivity contribution in [3.63, 3.8) is 0 Å². The number of aromatic nitrogens is 1. The molecule has 3 N–H and O–H groups in total. The molecule has 2 aromatic rings. The molecular formula is C25H37N5O3. The predicted octanol–water partition coefficient (Wildman–Crippen LogP) is 4.50. The average Bonchev–Trinajstić information content (AvgIpc) is 2.76. The summed E-state index contributed by atoms with van der Waals surface area (Å²) in [6.07, 6.45) is 2.21. The highest BCUT2D eigenvalue weighted by molar-refractivity contribution is 6.05. The molecule has 0 bridgehead atoms. The highest BCUT2D eigenvalue weighted by Crippen LogP contribution is 2.22. The summed E-state index contributed by atoms with van der Waals surface area (Å²) in [5.74, 6) is -0.354. The van der Waals surface area contributed by atoms with Crippen LogP contribution in [0.25, 0.3) is 0 Å². The molecule has 1 aromatic carbocycles. The Morgan fingerprint density at radius 1 is 1.00 bits per heavy atom. The van der Waals surface area contributed by atoms with E-state index in [1.807, 2.05) is 6.07 Å². The molecule has 2 rings (SSSR count). The summed E-state index contributed by atoms with van der Waals surface area (Å²) in [6.45, 7) is 14.6. The Labute approximate surface area is 197 Å². The summed E-state index contributed by atoms with van der Waals surface area (Å²) in [4.78, 5) is 31.5. The van der Waals surface area contributed by atoms with Crippen LogP contribution >= 0.6 is 0 Å². The lowest BCUT2D eigenvalue weighted by molar-refractivity contribution is 0.0635. The quantitative estimate of drug-likeness (QED) is 0.432. The second kappa shape index (κ2) is 12.9. The van der Waals surface area contributed by atoms with Crippen molar-refractivity contribution in [1.82, 2.24) is 15.2 Å². The Bertz CT molecular complexity index is 890. The van der Waals surface area contributed by atoms with Gasteiger partial charge in [0, 0.05) is 12.7 Å². The predicted molar refractivity (Wildman–Crippen MR) is 133 cm³/mol. The van der Waals surface area contributed by atoms with Gasteiger partial charge in [-0.25, -0.2) is 4.79 Å². The third-order valence-corrected chi connectivity index (χ3v) is 4.92. The molecule has 0 atom stereocenters. The van der Waals surface area contributed by atoms with E-state index in [4.69, 9.17) is 4.74 Å². The van der Waals surface area contributed by atoms with Crippen LogP contribution in [-0.4, -0.2) is 53.7 Å². The SMILES string of the molecule is CCN(CC)CCCNCc1ccc(C(=O)Nc2ccccc2NC(=O)OC(C)(C)C)nc1. The van der Waals surface area contributed by atoms with Crippen molar-refractivity contribution in [3.8, 4) is 0 Å². The first-order valence-corrected chi connectivity index (χ1v) is 11.5. The third kappa shape index (κ3) is 9.59. The fourth-order valence-corrected chi connectivity index (χ4v) is 3.16. The van der Waals surface area contributed by atoms with Gasteiger partial charge in [0.2, 0.25) is 0 Å². The van der Waals surface area contributed by atoms with Gasteiger partial charge in [-0.2, -0.15) is 0 Å². The van der Waals surface area contributed by atoms with Crippen LogP contribution in [0.3, 0.4) is 0 Å². The van der Waals surface area contributed by atoms with E-state index < -0.39 is 11.7 Å². The summed E-state index contributed by atoms with van der Waals surface area (Å²) in [5, 5.41) is 8.89. The number of para-hydroxylation sites is 2. The number of anilines is 2. The number of pyridine rings is 1. The van der Waals surface area contributed by atoms with Crippen LogP contribution in [0.5, 0.6) is 0 Å². The van der Waals surface area contributed by atoms with Gasteiger partial charge < -0.3 is 20.3 Å². The van der Waals surface area contributed by atoms with Crippen molar-refractivity contribution >= 4 is 23.4 Å². The maximum atomic E-state index is 12.7. The number of rotatable bonds is 11. The second-order valence-electron chi connectivity index (χ2n) is 8.74. The molecule has 1 heterocycles. The van der Waals surface area contributed by atoms with Gasteiger partial charge in [-0.15, -0.1) is 0 Å². The Morgan fingerprint density at radius 2 is 1.67 bits per heavy atom. The zero-order valence-electron chi connectivity index (χ0n) is 20.4. The molecule has 0 fully saturated rings. The fraction of sp³-hybridized carbons (Fsp3) is 0.480.